The number of amides is 1. The molecular weight excluding hydrogens is 368 g/mol. The normalized spacial score (nSPS) is 10.1. The fourth-order valence-corrected chi connectivity index (χ4v) is 2.80. The molecule has 6 heteroatoms. The number of nitrogens with one attached hydrogen (secondary N) is 1. The van der Waals surface area contributed by atoms with E-state index in [0.29, 0.717) is 11.4 Å². The number of carbonyl (C=O) groups excluding carboxylic acids is 2. The van der Waals surface area contributed by atoms with Gasteiger partial charge in [-0.1, -0.05) is 48.5 Å². The van der Waals surface area contributed by atoms with Crippen LogP contribution in [0.3, 0.4) is 0 Å². The summed E-state index contributed by atoms with van der Waals surface area (Å²) in [5, 5.41) is 2.68. The Bertz CT molecular complexity index is 906. The Hall–Kier alpha value is -3.80. The van der Waals surface area contributed by atoms with Crippen LogP contribution < -0.4 is 15.0 Å². The van der Waals surface area contributed by atoms with Crippen LogP contribution in [0.4, 0.5) is 17.1 Å². The lowest BCUT2D eigenvalue weighted by Gasteiger charge is -2.24. The van der Waals surface area contributed by atoms with Crippen LogP contribution >= 0.6 is 0 Å². The molecule has 1 N–H and O–H groups in total. The molecule has 3 rings (SSSR count). The van der Waals surface area contributed by atoms with Gasteiger partial charge in [0.25, 0.3) is 5.91 Å². The van der Waals surface area contributed by atoms with Crippen molar-refractivity contribution in [1.29, 1.82) is 0 Å². The molecule has 0 aromatic heterocycles. The minimum Gasteiger partial charge on any atom is -0.495 e. The highest BCUT2D eigenvalue weighted by Crippen LogP contribution is 2.25. The zero-order valence-corrected chi connectivity index (χ0v) is 16.1. The molecule has 0 unspecified atom stereocenters. The fourth-order valence-electron chi connectivity index (χ4n) is 2.80. The van der Waals surface area contributed by atoms with Crippen molar-refractivity contribution in [3.8, 4) is 5.75 Å². The summed E-state index contributed by atoms with van der Waals surface area (Å²) in [5.74, 6) is -0.409. The van der Waals surface area contributed by atoms with Gasteiger partial charge in [-0.25, -0.2) is 0 Å². The summed E-state index contributed by atoms with van der Waals surface area (Å²) >= 11 is 0. The largest absolute Gasteiger partial charge is 0.495 e. The van der Waals surface area contributed by atoms with Gasteiger partial charge in [-0.05, 0) is 36.4 Å². The second kappa shape index (κ2) is 9.94. The van der Waals surface area contributed by atoms with Gasteiger partial charge in [0, 0.05) is 11.4 Å². The van der Waals surface area contributed by atoms with Crippen molar-refractivity contribution < 1.29 is 19.1 Å². The van der Waals surface area contributed by atoms with Crippen molar-refractivity contribution in [3.05, 3.63) is 84.9 Å². The minimum absolute atomic E-state index is 0.0179. The van der Waals surface area contributed by atoms with Crippen LogP contribution in [0.25, 0.3) is 0 Å². The second-order valence-corrected chi connectivity index (χ2v) is 6.17. The Morgan fingerprint density at radius 2 is 1.38 bits per heavy atom. The Labute approximate surface area is 169 Å². The molecule has 0 atom stereocenters. The number of hydrogen-bond acceptors (Lipinski definition) is 5. The summed E-state index contributed by atoms with van der Waals surface area (Å²) in [4.78, 5) is 26.4. The molecule has 0 aliphatic heterocycles. The standard InChI is InChI=1S/C23H22N2O4/c1-28-21-15-9-8-14-20(21)24-22(26)17-29-23(27)16-25(18-10-4-2-5-11-18)19-12-6-3-7-13-19/h2-15H,16-17H2,1H3,(H,24,26). The van der Waals surface area contributed by atoms with Gasteiger partial charge < -0.3 is 19.7 Å². The highest BCUT2D eigenvalue weighted by Gasteiger charge is 2.16. The third kappa shape index (κ3) is 5.59. The van der Waals surface area contributed by atoms with Crippen molar-refractivity contribution in [1.82, 2.24) is 0 Å². The number of esters is 1. The third-order valence-electron chi connectivity index (χ3n) is 4.17. The average Bonchev–Trinajstić information content (AvgIpc) is 2.77. The Balaban J connectivity index is 1.61. The lowest BCUT2D eigenvalue weighted by Crippen LogP contribution is -2.29. The fraction of sp³-hybridized carbons (Fsp3) is 0.130. The van der Waals surface area contributed by atoms with Gasteiger partial charge in [0.1, 0.15) is 12.3 Å². The minimum atomic E-state index is -0.507. The number of ether oxygens (including phenoxy) is 2. The third-order valence-corrected chi connectivity index (χ3v) is 4.17. The van der Waals surface area contributed by atoms with Crippen molar-refractivity contribution >= 4 is 28.9 Å². The molecule has 148 valence electrons. The lowest BCUT2D eigenvalue weighted by atomic mass is 10.2. The molecule has 3 aromatic carbocycles. The zero-order chi connectivity index (χ0) is 20.5. The highest BCUT2D eigenvalue weighted by atomic mass is 16.5. The van der Waals surface area contributed by atoms with Crippen LogP contribution in [0.15, 0.2) is 84.9 Å². The molecular formula is C23H22N2O4. The first-order valence-corrected chi connectivity index (χ1v) is 9.13. The van der Waals surface area contributed by atoms with Crippen molar-refractivity contribution in [2.45, 2.75) is 0 Å². The highest BCUT2D eigenvalue weighted by molar-refractivity contribution is 5.94. The molecule has 29 heavy (non-hydrogen) atoms. The molecule has 0 aliphatic rings. The van der Waals surface area contributed by atoms with Crippen molar-refractivity contribution in [2.75, 3.05) is 30.5 Å². The lowest BCUT2D eigenvalue weighted by molar-refractivity contribution is -0.145. The molecule has 0 bridgehead atoms. The van der Waals surface area contributed by atoms with Gasteiger partial charge >= 0.3 is 5.97 Å². The molecule has 0 spiro atoms. The van der Waals surface area contributed by atoms with E-state index in [0.717, 1.165) is 11.4 Å². The zero-order valence-electron chi connectivity index (χ0n) is 16.1. The molecule has 6 nitrogen and oxygen atoms in total. The van der Waals surface area contributed by atoms with Gasteiger partial charge in [-0.15, -0.1) is 0 Å². The van der Waals surface area contributed by atoms with E-state index < -0.39 is 11.9 Å². The molecule has 0 heterocycles. The summed E-state index contributed by atoms with van der Waals surface area (Å²) in [5.41, 5.74) is 2.23. The van der Waals surface area contributed by atoms with Gasteiger partial charge in [0.05, 0.1) is 12.8 Å². The second-order valence-electron chi connectivity index (χ2n) is 6.17. The Morgan fingerprint density at radius 1 is 0.828 bits per heavy atom. The molecule has 3 aromatic rings. The summed E-state index contributed by atoms with van der Waals surface area (Å²) in [7, 11) is 1.52. The van der Waals surface area contributed by atoms with Gasteiger partial charge in [0.15, 0.2) is 6.61 Å². The number of methoxy groups -OCH3 is 1. The molecule has 0 fully saturated rings. The molecule has 0 saturated carbocycles. The molecule has 0 radical (unpaired) electrons. The number of benzene rings is 3. The van der Waals surface area contributed by atoms with E-state index in [1.165, 1.54) is 7.11 Å². The van der Waals surface area contributed by atoms with E-state index in [-0.39, 0.29) is 13.2 Å². The van der Waals surface area contributed by atoms with E-state index in [1.54, 1.807) is 24.3 Å². The first-order chi connectivity index (χ1) is 14.2. The van der Waals surface area contributed by atoms with Crippen LogP contribution in [-0.4, -0.2) is 32.1 Å². The van der Waals surface area contributed by atoms with Crippen LogP contribution in [0.2, 0.25) is 0 Å². The maximum Gasteiger partial charge on any atom is 0.326 e. The summed E-state index contributed by atoms with van der Waals surface area (Å²) < 4.78 is 10.4. The molecule has 0 aliphatic carbocycles. The summed E-state index contributed by atoms with van der Waals surface area (Å²) in [6.45, 7) is -0.399. The average molecular weight is 390 g/mol. The number of para-hydroxylation sites is 4. The van der Waals surface area contributed by atoms with Crippen LogP contribution in [0.1, 0.15) is 0 Å². The summed E-state index contributed by atoms with van der Waals surface area (Å²) in [6.07, 6.45) is 0. The Morgan fingerprint density at radius 3 is 1.97 bits per heavy atom. The monoisotopic (exact) mass is 390 g/mol. The number of nitrogens with zero attached hydrogens (tertiary/aromatic N) is 1. The molecule has 0 saturated heterocycles. The number of anilines is 3. The van der Waals surface area contributed by atoms with Gasteiger partial charge in [0.2, 0.25) is 0 Å². The SMILES string of the molecule is COc1ccccc1NC(=O)COC(=O)CN(c1ccccc1)c1ccccc1. The van der Waals surface area contributed by atoms with E-state index >= 15 is 0 Å². The maximum absolute atomic E-state index is 12.4. The summed E-state index contributed by atoms with van der Waals surface area (Å²) in [6, 6.07) is 26.1. The predicted molar refractivity (Wildman–Crippen MR) is 112 cm³/mol. The predicted octanol–water partition coefficient (Wildman–Crippen LogP) is 4.02. The van der Waals surface area contributed by atoms with E-state index in [4.69, 9.17) is 9.47 Å². The topological polar surface area (TPSA) is 67.9 Å². The number of rotatable bonds is 8. The van der Waals surface area contributed by atoms with E-state index in [2.05, 4.69) is 5.32 Å². The smallest absolute Gasteiger partial charge is 0.326 e. The number of carbonyl (C=O) groups is 2. The Kier molecular flexibility index (Phi) is 6.84. The van der Waals surface area contributed by atoms with Crippen LogP contribution in [0.5, 0.6) is 5.75 Å². The van der Waals surface area contributed by atoms with Crippen LogP contribution in [0, 0.1) is 0 Å². The van der Waals surface area contributed by atoms with Gasteiger partial charge in [-0.2, -0.15) is 0 Å². The van der Waals surface area contributed by atoms with Gasteiger partial charge in [-0.3, -0.25) is 9.59 Å². The first kappa shape index (κ1) is 19.9. The quantitative estimate of drug-likeness (QED) is 0.589. The van der Waals surface area contributed by atoms with E-state index in [1.807, 2.05) is 65.6 Å². The number of hydrogen-bond donors (Lipinski definition) is 1. The maximum atomic E-state index is 12.4. The van der Waals surface area contributed by atoms with E-state index in [9.17, 15) is 9.59 Å². The molecule has 1 amide bonds. The van der Waals surface area contributed by atoms with Crippen molar-refractivity contribution in [3.63, 3.8) is 0 Å². The van der Waals surface area contributed by atoms with Crippen LogP contribution in [-0.2, 0) is 14.3 Å². The van der Waals surface area contributed by atoms with Crippen molar-refractivity contribution in [2.24, 2.45) is 0 Å². The first-order valence-electron chi connectivity index (χ1n) is 9.13.